The topological polar surface area (TPSA) is 59.5 Å². The Morgan fingerprint density at radius 2 is 2.00 bits per heavy atom. The van der Waals surface area contributed by atoms with Crippen molar-refractivity contribution in [1.29, 1.82) is 0 Å². The summed E-state index contributed by atoms with van der Waals surface area (Å²) in [4.78, 5) is 5.90. The van der Waals surface area contributed by atoms with E-state index in [1.165, 1.54) is 18.3 Å². The number of likely N-dealkylation sites (N-methyl/N-ethyl adjacent to an activating group) is 1. The fourth-order valence-electron chi connectivity index (χ4n) is 0.976. The molecular formula is C11H17ClN2O3S. The van der Waals surface area contributed by atoms with Gasteiger partial charge in [-0.15, -0.1) is 0 Å². The van der Waals surface area contributed by atoms with Gasteiger partial charge in [0.15, 0.2) is 0 Å². The Bertz CT molecular complexity index is 498. The molecule has 1 aromatic heterocycles. The number of nitrogens with zero attached hydrogens (tertiary/aromatic N) is 2. The Morgan fingerprint density at radius 3 is 2.39 bits per heavy atom. The highest BCUT2D eigenvalue weighted by atomic mass is 35.7. The lowest BCUT2D eigenvalue weighted by molar-refractivity contribution is 0.111. The molecule has 1 aromatic rings. The van der Waals surface area contributed by atoms with Gasteiger partial charge >= 0.3 is 0 Å². The van der Waals surface area contributed by atoms with E-state index >= 15 is 0 Å². The maximum Gasteiger partial charge on any atom is 0.262 e. The number of hydrogen-bond acceptors (Lipinski definition) is 5. The van der Waals surface area contributed by atoms with Crippen LogP contribution in [0.5, 0.6) is 5.88 Å². The molecule has 0 unspecified atom stereocenters. The van der Waals surface area contributed by atoms with E-state index in [-0.39, 0.29) is 10.4 Å². The maximum atomic E-state index is 11.0. The SMILES string of the molecule is CN(C)C(C)(C)COc1ccc(S(=O)(=O)Cl)cn1. The Labute approximate surface area is 112 Å². The zero-order valence-corrected chi connectivity index (χ0v) is 12.4. The number of pyridine rings is 1. The van der Waals surface area contributed by atoms with Crippen LogP contribution in [0.4, 0.5) is 0 Å². The van der Waals surface area contributed by atoms with E-state index in [1.807, 2.05) is 32.8 Å². The van der Waals surface area contributed by atoms with Crippen LogP contribution < -0.4 is 4.74 Å². The summed E-state index contributed by atoms with van der Waals surface area (Å²) in [6, 6.07) is 2.86. The normalized spacial score (nSPS) is 12.8. The number of halogens is 1. The summed E-state index contributed by atoms with van der Waals surface area (Å²) in [5, 5.41) is 0. The molecule has 0 N–H and O–H groups in total. The lowest BCUT2D eigenvalue weighted by atomic mass is 10.1. The van der Waals surface area contributed by atoms with Gasteiger partial charge < -0.3 is 9.64 Å². The zero-order valence-electron chi connectivity index (χ0n) is 10.8. The van der Waals surface area contributed by atoms with Crippen molar-refractivity contribution in [2.24, 2.45) is 0 Å². The van der Waals surface area contributed by atoms with Crippen molar-refractivity contribution in [2.45, 2.75) is 24.3 Å². The average Bonchev–Trinajstić information content (AvgIpc) is 2.25. The minimum atomic E-state index is -3.73. The molecule has 0 spiro atoms. The van der Waals surface area contributed by atoms with Crippen LogP contribution in [-0.4, -0.2) is 44.5 Å². The first-order valence-electron chi connectivity index (χ1n) is 5.34. The minimum absolute atomic E-state index is 0.0385. The minimum Gasteiger partial charge on any atom is -0.476 e. The highest BCUT2D eigenvalue weighted by Gasteiger charge is 2.21. The predicted molar refractivity (Wildman–Crippen MR) is 70.5 cm³/mol. The molecule has 18 heavy (non-hydrogen) atoms. The zero-order chi connectivity index (χ0) is 14.0. The summed E-state index contributed by atoms with van der Waals surface area (Å²) in [7, 11) is 5.37. The van der Waals surface area contributed by atoms with Gasteiger partial charge in [-0.25, -0.2) is 13.4 Å². The molecule has 0 fully saturated rings. The molecule has 0 aliphatic rings. The molecule has 0 aliphatic heterocycles. The molecule has 5 nitrogen and oxygen atoms in total. The summed E-state index contributed by atoms with van der Waals surface area (Å²) < 4.78 is 27.6. The van der Waals surface area contributed by atoms with Crippen molar-refractivity contribution in [3.8, 4) is 5.88 Å². The summed E-state index contributed by atoms with van der Waals surface area (Å²) in [5.74, 6) is 0.369. The second-order valence-corrected chi connectivity index (χ2v) is 7.33. The first-order valence-corrected chi connectivity index (χ1v) is 7.65. The van der Waals surface area contributed by atoms with Crippen molar-refractivity contribution in [3.05, 3.63) is 18.3 Å². The van der Waals surface area contributed by atoms with Gasteiger partial charge in [0.25, 0.3) is 9.05 Å². The van der Waals surface area contributed by atoms with Crippen LogP contribution in [0.1, 0.15) is 13.8 Å². The van der Waals surface area contributed by atoms with Gasteiger partial charge in [0.2, 0.25) is 5.88 Å². The summed E-state index contributed by atoms with van der Waals surface area (Å²) in [6.07, 6.45) is 1.18. The smallest absolute Gasteiger partial charge is 0.262 e. The maximum absolute atomic E-state index is 11.0. The first-order chi connectivity index (χ1) is 8.13. The lowest BCUT2D eigenvalue weighted by Crippen LogP contribution is -2.43. The second kappa shape index (κ2) is 5.42. The second-order valence-electron chi connectivity index (χ2n) is 4.77. The summed E-state index contributed by atoms with van der Waals surface area (Å²) >= 11 is 0. The average molecular weight is 293 g/mol. The van der Waals surface area contributed by atoms with Crippen LogP contribution in [-0.2, 0) is 9.05 Å². The molecule has 0 aromatic carbocycles. The molecule has 0 saturated heterocycles. The Hall–Kier alpha value is -0.850. The van der Waals surface area contributed by atoms with Crippen molar-refractivity contribution >= 4 is 19.7 Å². The van der Waals surface area contributed by atoms with E-state index in [4.69, 9.17) is 15.4 Å². The molecule has 1 rings (SSSR count). The Balaban J connectivity index is 2.71. The molecule has 0 atom stereocenters. The third-order valence-electron chi connectivity index (χ3n) is 2.77. The molecule has 0 amide bonds. The van der Waals surface area contributed by atoms with E-state index in [0.29, 0.717) is 12.5 Å². The van der Waals surface area contributed by atoms with Gasteiger partial charge in [0.05, 0.1) is 6.20 Å². The molecule has 1 heterocycles. The molecular weight excluding hydrogens is 276 g/mol. The standard InChI is InChI=1S/C11H17ClN2O3S/c1-11(2,14(3)4)8-17-10-6-5-9(7-13-10)18(12,15)16/h5-7H,8H2,1-4H3. The van der Waals surface area contributed by atoms with Gasteiger partial charge in [-0.3, -0.25) is 0 Å². The first kappa shape index (κ1) is 15.2. The third kappa shape index (κ3) is 4.12. The van der Waals surface area contributed by atoms with Gasteiger partial charge in [0.1, 0.15) is 11.5 Å². The Kier molecular flexibility index (Phi) is 4.58. The van der Waals surface area contributed by atoms with Crippen LogP contribution >= 0.6 is 10.7 Å². The van der Waals surface area contributed by atoms with E-state index in [1.54, 1.807) is 0 Å². The van der Waals surface area contributed by atoms with Gasteiger partial charge in [0, 0.05) is 22.3 Å². The highest BCUT2D eigenvalue weighted by Crippen LogP contribution is 2.18. The summed E-state index contributed by atoms with van der Waals surface area (Å²) in [6.45, 7) is 4.51. The lowest BCUT2D eigenvalue weighted by Gasteiger charge is -2.31. The number of hydrogen-bond donors (Lipinski definition) is 0. The molecule has 102 valence electrons. The molecule has 0 saturated carbocycles. The van der Waals surface area contributed by atoms with E-state index in [2.05, 4.69) is 4.98 Å². The fraction of sp³-hybridized carbons (Fsp3) is 0.545. The monoisotopic (exact) mass is 292 g/mol. The van der Waals surface area contributed by atoms with Crippen molar-refractivity contribution in [2.75, 3.05) is 20.7 Å². The van der Waals surface area contributed by atoms with Gasteiger partial charge in [-0.05, 0) is 34.0 Å². The largest absolute Gasteiger partial charge is 0.476 e. The van der Waals surface area contributed by atoms with Crippen LogP contribution in [0.25, 0.3) is 0 Å². The van der Waals surface area contributed by atoms with E-state index in [9.17, 15) is 8.42 Å². The van der Waals surface area contributed by atoms with Crippen molar-refractivity contribution in [1.82, 2.24) is 9.88 Å². The number of rotatable bonds is 5. The van der Waals surface area contributed by atoms with Gasteiger partial charge in [-0.2, -0.15) is 0 Å². The van der Waals surface area contributed by atoms with E-state index < -0.39 is 9.05 Å². The van der Waals surface area contributed by atoms with Crippen molar-refractivity contribution in [3.63, 3.8) is 0 Å². The van der Waals surface area contributed by atoms with Crippen molar-refractivity contribution < 1.29 is 13.2 Å². The van der Waals surface area contributed by atoms with Gasteiger partial charge in [-0.1, -0.05) is 0 Å². The molecule has 0 radical (unpaired) electrons. The van der Waals surface area contributed by atoms with Crippen LogP contribution in [0.3, 0.4) is 0 Å². The predicted octanol–water partition coefficient (Wildman–Crippen LogP) is 1.73. The Morgan fingerprint density at radius 1 is 1.39 bits per heavy atom. The fourth-order valence-corrected chi connectivity index (χ4v) is 1.66. The van der Waals surface area contributed by atoms with Crippen LogP contribution in [0.2, 0.25) is 0 Å². The van der Waals surface area contributed by atoms with Crippen LogP contribution in [0.15, 0.2) is 23.2 Å². The molecule has 7 heteroatoms. The summed E-state index contributed by atoms with van der Waals surface area (Å²) in [5.41, 5.74) is -0.140. The van der Waals surface area contributed by atoms with Crippen LogP contribution in [0, 0.1) is 0 Å². The quantitative estimate of drug-likeness (QED) is 0.774. The third-order valence-corrected chi connectivity index (χ3v) is 4.11. The molecule has 0 aliphatic carbocycles. The van der Waals surface area contributed by atoms with E-state index in [0.717, 1.165) is 0 Å². The highest BCUT2D eigenvalue weighted by molar-refractivity contribution is 8.13. The number of ether oxygens (including phenoxy) is 1. The number of aromatic nitrogens is 1. The molecule has 0 bridgehead atoms.